The number of carbonyl (C=O) groups excluding carboxylic acids is 1. The van der Waals surface area contributed by atoms with Gasteiger partial charge in [0.25, 0.3) is 0 Å². The zero-order valence-electron chi connectivity index (χ0n) is 8.70. The van der Waals surface area contributed by atoms with E-state index in [2.05, 4.69) is 4.98 Å². The number of H-pyrrole nitrogens is 1. The number of ether oxygens (including phenoxy) is 1. The van der Waals surface area contributed by atoms with Crippen molar-refractivity contribution < 1.29 is 9.53 Å². The van der Waals surface area contributed by atoms with Gasteiger partial charge in [0.2, 0.25) is 0 Å². The largest absolute Gasteiger partial charge is 0.464 e. The van der Waals surface area contributed by atoms with Gasteiger partial charge in [-0.3, -0.25) is 0 Å². The summed E-state index contributed by atoms with van der Waals surface area (Å²) in [5.41, 5.74) is 1.59. The van der Waals surface area contributed by atoms with E-state index in [1.54, 1.807) is 11.3 Å². The lowest BCUT2D eigenvalue weighted by molar-refractivity contribution is 0.0596. The molecule has 0 aliphatic rings. The van der Waals surface area contributed by atoms with Gasteiger partial charge >= 0.3 is 5.97 Å². The number of aromatic nitrogens is 1. The topological polar surface area (TPSA) is 42.1 Å². The van der Waals surface area contributed by atoms with Crippen LogP contribution in [-0.4, -0.2) is 18.1 Å². The maximum absolute atomic E-state index is 11.6. The molecule has 0 amide bonds. The van der Waals surface area contributed by atoms with Crippen LogP contribution in [0.1, 0.15) is 16.1 Å². The lowest BCUT2D eigenvalue weighted by atomic mass is 10.2. The number of methoxy groups -OCH3 is 1. The summed E-state index contributed by atoms with van der Waals surface area (Å²) in [6.45, 7) is 2.01. The maximum atomic E-state index is 11.6. The zero-order valence-corrected chi connectivity index (χ0v) is 11.1. The molecular weight excluding hydrogens is 262 g/mol. The van der Waals surface area contributed by atoms with Crippen LogP contribution < -0.4 is 0 Å². The van der Waals surface area contributed by atoms with Crippen LogP contribution in [0, 0.1) is 10.9 Å². The fraction of sp³-hybridized carbons (Fsp3) is 0.200. The van der Waals surface area contributed by atoms with E-state index in [1.807, 2.05) is 18.4 Å². The Hall–Kier alpha value is -0.980. The van der Waals surface area contributed by atoms with Gasteiger partial charge in [-0.2, -0.15) is 0 Å². The minimum atomic E-state index is -0.379. The van der Waals surface area contributed by atoms with Gasteiger partial charge < -0.3 is 9.72 Å². The van der Waals surface area contributed by atoms with Gasteiger partial charge in [0, 0.05) is 4.88 Å². The van der Waals surface area contributed by atoms with E-state index < -0.39 is 0 Å². The molecule has 16 heavy (non-hydrogen) atoms. The summed E-state index contributed by atoms with van der Waals surface area (Å²) in [6, 6.07) is 2.02. The molecular formula is C10H9NO2S3. The van der Waals surface area contributed by atoms with Crippen LogP contribution in [0.15, 0.2) is 11.4 Å². The van der Waals surface area contributed by atoms with Crippen LogP contribution in [0.3, 0.4) is 0 Å². The molecule has 0 spiro atoms. The Morgan fingerprint density at radius 3 is 2.81 bits per heavy atom. The summed E-state index contributed by atoms with van der Waals surface area (Å²) >= 11 is 8.06. The lowest BCUT2D eigenvalue weighted by Crippen LogP contribution is -2.02. The maximum Gasteiger partial charge on any atom is 0.356 e. The first-order valence-electron chi connectivity index (χ1n) is 4.49. The molecule has 0 atom stereocenters. The molecule has 2 heterocycles. The molecule has 0 bridgehead atoms. The molecule has 2 aromatic rings. The van der Waals surface area contributed by atoms with Crippen molar-refractivity contribution in [2.45, 2.75) is 6.92 Å². The van der Waals surface area contributed by atoms with Crippen molar-refractivity contribution in [1.29, 1.82) is 0 Å². The van der Waals surface area contributed by atoms with Gasteiger partial charge in [0.05, 0.1) is 12.0 Å². The molecule has 84 valence electrons. The highest BCUT2D eigenvalue weighted by Gasteiger charge is 2.18. The average molecular weight is 271 g/mol. The highest BCUT2D eigenvalue weighted by atomic mass is 32.1. The molecule has 2 rings (SSSR count). The Kier molecular flexibility index (Phi) is 3.22. The van der Waals surface area contributed by atoms with E-state index in [-0.39, 0.29) is 5.97 Å². The van der Waals surface area contributed by atoms with Crippen molar-refractivity contribution >= 4 is 40.9 Å². The SMILES string of the molecule is COC(=O)c1[nH]c(=S)sc1-c1sccc1C. The van der Waals surface area contributed by atoms with Crippen molar-refractivity contribution in [2.75, 3.05) is 7.11 Å². The fourth-order valence-electron chi connectivity index (χ4n) is 1.34. The Bertz CT molecular complexity index is 579. The molecule has 6 heteroatoms. The van der Waals surface area contributed by atoms with Crippen molar-refractivity contribution in [3.63, 3.8) is 0 Å². The second-order valence-corrected chi connectivity index (χ2v) is 5.75. The molecule has 2 aromatic heterocycles. The fourth-order valence-corrected chi connectivity index (χ4v) is 3.66. The van der Waals surface area contributed by atoms with Crippen LogP contribution in [0.2, 0.25) is 0 Å². The summed E-state index contributed by atoms with van der Waals surface area (Å²) in [7, 11) is 1.36. The number of rotatable bonds is 2. The van der Waals surface area contributed by atoms with Gasteiger partial charge in [-0.05, 0) is 36.2 Å². The molecule has 0 aliphatic heterocycles. The monoisotopic (exact) mass is 271 g/mol. The van der Waals surface area contributed by atoms with Crippen LogP contribution >= 0.6 is 34.9 Å². The number of nitrogens with one attached hydrogen (secondary N) is 1. The van der Waals surface area contributed by atoms with Crippen LogP contribution in [-0.2, 0) is 4.74 Å². The number of hydrogen-bond donors (Lipinski definition) is 1. The quantitative estimate of drug-likeness (QED) is 0.670. The highest BCUT2D eigenvalue weighted by molar-refractivity contribution is 7.73. The van der Waals surface area contributed by atoms with E-state index in [0.29, 0.717) is 9.65 Å². The predicted molar refractivity (Wildman–Crippen MR) is 68.9 cm³/mol. The zero-order chi connectivity index (χ0) is 11.7. The summed E-state index contributed by atoms with van der Waals surface area (Å²) in [6.07, 6.45) is 0. The molecule has 0 aliphatic carbocycles. The van der Waals surface area contributed by atoms with E-state index in [0.717, 1.165) is 15.3 Å². The summed E-state index contributed by atoms with van der Waals surface area (Å²) in [4.78, 5) is 16.4. The minimum Gasteiger partial charge on any atom is -0.464 e. The first kappa shape index (κ1) is 11.5. The Labute approximate surface area is 106 Å². The van der Waals surface area contributed by atoms with Gasteiger partial charge in [-0.1, -0.05) is 0 Å². The van der Waals surface area contributed by atoms with Crippen molar-refractivity contribution in [2.24, 2.45) is 0 Å². The first-order valence-corrected chi connectivity index (χ1v) is 6.60. The third kappa shape index (κ3) is 1.95. The number of aromatic amines is 1. The van der Waals surface area contributed by atoms with Gasteiger partial charge in [-0.15, -0.1) is 22.7 Å². The summed E-state index contributed by atoms with van der Waals surface area (Å²) < 4.78 is 5.31. The number of thiazole rings is 1. The normalized spacial score (nSPS) is 10.4. The van der Waals surface area contributed by atoms with Crippen molar-refractivity contribution in [3.05, 3.63) is 26.7 Å². The standard InChI is InChI=1S/C10H9NO2S3/c1-5-3-4-15-7(5)8-6(9(12)13-2)11-10(14)16-8/h3-4H,1-2H3,(H,11,14). The van der Waals surface area contributed by atoms with Gasteiger partial charge in [0.1, 0.15) is 5.69 Å². The number of carbonyl (C=O) groups is 1. The number of aryl methyl sites for hydroxylation is 1. The third-order valence-corrected chi connectivity index (χ3v) is 4.52. The Morgan fingerprint density at radius 2 is 2.25 bits per heavy atom. The molecule has 0 aromatic carbocycles. The first-order chi connectivity index (χ1) is 7.63. The molecule has 0 saturated heterocycles. The summed E-state index contributed by atoms with van der Waals surface area (Å²) in [5.74, 6) is -0.379. The summed E-state index contributed by atoms with van der Waals surface area (Å²) in [5, 5.41) is 1.99. The highest BCUT2D eigenvalue weighted by Crippen LogP contribution is 2.35. The van der Waals surface area contributed by atoms with Gasteiger partial charge in [-0.25, -0.2) is 4.79 Å². The molecule has 0 saturated carbocycles. The van der Waals surface area contributed by atoms with Crippen LogP contribution in [0.5, 0.6) is 0 Å². The van der Waals surface area contributed by atoms with E-state index in [4.69, 9.17) is 17.0 Å². The minimum absolute atomic E-state index is 0.379. The Balaban J connectivity index is 2.61. The lowest BCUT2D eigenvalue weighted by Gasteiger charge is -1.99. The van der Waals surface area contributed by atoms with Crippen LogP contribution in [0.25, 0.3) is 9.75 Å². The smallest absolute Gasteiger partial charge is 0.356 e. The second kappa shape index (κ2) is 4.48. The number of thiophene rings is 1. The van der Waals surface area contributed by atoms with E-state index in [9.17, 15) is 4.79 Å². The average Bonchev–Trinajstić information content (AvgIpc) is 2.83. The van der Waals surface area contributed by atoms with Gasteiger partial charge in [0.15, 0.2) is 3.95 Å². The number of esters is 1. The molecule has 0 fully saturated rings. The Morgan fingerprint density at radius 1 is 1.50 bits per heavy atom. The molecule has 1 N–H and O–H groups in total. The molecule has 3 nitrogen and oxygen atoms in total. The molecule has 0 radical (unpaired) electrons. The van der Waals surface area contributed by atoms with E-state index >= 15 is 0 Å². The molecule has 0 unspecified atom stereocenters. The second-order valence-electron chi connectivity index (χ2n) is 3.14. The van der Waals surface area contributed by atoms with Crippen LogP contribution in [0.4, 0.5) is 0 Å². The van der Waals surface area contributed by atoms with Crippen molar-refractivity contribution in [3.8, 4) is 9.75 Å². The van der Waals surface area contributed by atoms with Crippen molar-refractivity contribution in [1.82, 2.24) is 4.98 Å². The third-order valence-electron chi connectivity index (χ3n) is 2.11. The number of hydrogen-bond acceptors (Lipinski definition) is 5. The van der Waals surface area contributed by atoms with E-state index in [1.165, 1.54) is 18.4 Å². The predicted octanol–water partition coefficient (Wildman–Crippen LogP) is 3.63.